The Bertz CT molecular complexity index is 1590. The molecule has 222 valence electrons. The van der Waals surface area contributed by atoms with Gasteiger partial charge in [0.05, 0.1) is 11.6 Å². The fourth-order valence-electron chi connectivity index (χ4n) is 5.57. The Kier molecular flexibility index (Phi) is 9.00. The number of rotatable bonds is 7. The van der Waals surface area contributed by atoms with Gasteiger partial charge in [0.1, 0.15) is 23.7 Å². The first kappa shape index (κ1) is 30.5. The highest BCUT2D eigenvalue weighted by Gasteiger charge is 2.45. The standard InChI is InChI=1S/C31H27F3IN5O3/c32-20-4-3-5-22(17-20)39(30(43)25-8-9-27(41)40(25)26-16-19(18-36)12-15-37-26)28(23-6-1-2-7-24(23)35)29(42)38-21-10-13-31(33,34)14-11-21/h1-7,12,15-17,21,25,28H,8-11,13-14H2,(H,38,42)/t25-,28-/m0/s1. The quantitative estimate of drug-likeness (QED) is 0.320. The van der Waals surface area contributed by atoms with E-state index in [2.05, 4.69) is 10.3 Å². The van der Waals surface area contributed by atoms with Crippen LogP contribution in [-0.2, 0) is 14.4 Å². The number of alkyl halides is 2. The highest BCUT2D eigenvalue weighted by Crippen LogP contribution is 2.37. The summed E-state index contributed by atoms with van der Waals surface area (Å²) in [4.78, 5) is 48.4. The van der Waals surface area contributed by atoms with Crippen molar-refractivity contribution < 1.29 is 27.6 Å². The number of anilines is 2. The average molecular weight is 701 g/mol. The van der Waals surface area contributed by atoms with E-state index in [1.807, 2.05) is 28.7 Å². The van der Waals surface area contributed by atoms with Gasteiger partial charge in [-0.25, -0.2) is 18.2 Å². The van der Waals surface area contributed by atoms with Gasteiger partial charge in [0.2, 0.25) is 17.7 Å². The van der Waals surface area contributed by atoms with Gasteiger partial charge in [-0.05, 0) is 83.8 Å². The summed E-state index contributed by atoms with van der Waals surface area (Å²) in [5, 5.41) is 12.2. The summed E-state index contributed by atoms with van der Waals surface area (Å²) >= 11 is 2.04. The van der Waals surface area contributed by atoms with E-state index in [1.54, 1.807) is 24.3 Å². The van der Waals surface area contributed by atoms with Gasteiger partial charge in [-0.2, -0.15) is 5.26 Å². The Hall–Kier alpha value is -3.99. The van der Waals surface area contributed by atoms with Gasteiger partial charge in [0.25, 0.3) is 5.91 Å². The molecule has 1 aliphatic heterocycles. The Balaban J connectivity index is 1.59. The SMILES string of the molecule is N#Cc1ccnc(N2C(=O)CC[C@H]2C(=O)N(c2cccc(F)c2)[C@H](C(=O)NC2CCC(F)(F)CC2)c2ccccc2I)c1. The first-order valence-corrected chi connectivity index (χ1v) is 14.9. The number of nitrogens with one attached hydrogen (secondary N) is 1. The number of hydrogen-bond donors (Lipinski definition) is 1. The van der Waals surface area contributed by atoms with Crippen molar-refractivity contribution >= 4 is 51.8 Å². The molecule has 2 heterocycles. The molecule has 1 aromatic heterocycles. The van der Waals surface area contributed by atoms with Gasteiger partial charge >= 0.3 is 0 Å². The van der Waals surface area contributed by atoms with Gasteiger partial charge in [-0.15, -0.1) is 0 Å². The third kappa shape index (κ3) is 6.66. The number of halogens is 4. The lowest BCUT2D eigenvalue weighted by atomic mass is 9.91. The average Bonchev–Trinajstić information content (AvgIpc) is 3.38. The summed E-state index contributed by atoms with van der Waals surface area (Å²) < 4.78 is 43.0. The van der Waals surface area contributed by atoms with Crippen molar-refractivity contribution in [3.8, 4) is 6.07 Å². The predicted molar refractivity (Wildman–Crippen MR) is 161 cm³/mol. The fourth-order valence-corrected chi connectivity index (χ4v) is 6.26. The second-order valence-electron chi connectivity index (χ2n) is 10.6. The van der Waals surface area contributed by atoms with Crippen molar-refractivity contribution in [1.82, 2.24) is 10.3 Å². The Morgan fingerprint density at radius 2 is 1.84 bits per heavy atom. The second-order valence-corrected chi connectivity index (χ2v) is 11.7. The summed E-state index contributed by atoms with van der Waals surface area (Å²) in [5.74, 6) is -4.99. The number of carbonyl (C=O) groups excluding carboxylic acids is 3. The van der Waals surface area contributed by atoms with Crippen LogP contribution in [0.4, 0.5) is 24.7 Å². The first-order chi connectivity index (χ1) is 20.6. The zero-order valence-corrected chi connectivity index (χ0v) is 25.0. The summed E-state index contributed by atoms with van der Waals surface area (Å²) in [6, 6.07) is 14.0. The molecule has 0 radical (unpaired) electrons. The van der Waals surface area contributed by atoms with Crippen LogP contribution >= 0.6 is 22.6 Å². The van der Waals surface area contributed by atoms with Crippen molar-refractivity contribution in [1.29, 1.82) is 5.26 Å². The Labute approximate surface area is 260 Å². The van der Waals surface area contributed by atoms with E-state index < -0.39 is 47.6 Å². The van der Waals surface area contributed by atoms with Crippen molar-refractivity contribution in [3.05, 3.63) is 87.4 Å². The number of nitrogens with zero attached hydrogens (tertiary/aromatic N) is 4. The summed E-state index contributed by atoms with van der Waals surface area (Å²) in [5.41, 5.74) is 0.768. The molecular formula is C31H27F3IN5O3. The molecule has 3 amide bonds. The molecule has 1 saturated heterocycles. The topological polar surface area (TPSA) is 106 Å². The molecule has 0 bridgehead atoms. The van der Waals surface area contributed by atoms with Crippen LogP contribution in [-0.4, -0.2) is 40.7 Å². The minimum absolute atomic E-state index is 0.0158. The molecule has 5 rings (SSSR count). The monoisotopic (exact) mass is 701 g/mol. The van der Waals surface area contributed by atoms with E-state index in [9.17, 15) is 32.8 Å². The molecule has 1 N–H and O–H groups in total. The third-order valence-electron chi connectivity index (χ3n) is 7.71. The largest absolute Gasteiger partial charge is 0.351 e. The van der Waals surface area contributed by atoms with E-state index in [0.29, 0.717) is 9.13 Å². The third-order valence-corrected chi connectivity index (χ3v) is 8.69. The molecule has 2 aliphatic rings. The minimum Gasteiger partial charge on any atom is -0.351 e. The Morgan fingerprint density at radius 3 is 2.53 bits per heavy atom. The van der Waals surface area contributed by atoms with Crippen LogP contribution in [0.5, 0.6) is 0 Å². The molecule has 2 atom stereocenters. The molecule has 2 fully saturated rings. The van der Waals surface area contributed by atoms with Gasteiger partial charge in [-0.3, -0.25) is 24.2 Å². The van der Waals surface area contributed by atoms with Crippen LogP contribution in [0.15, 0.2) is 66.9 Å². The number of benzene rings is 2. The molecule has 1 saturated carbocycles. The molecule has 0 spiro atoms. The summed E-state index contributed by atoms with van der Waals surface area (Å²) in [6.45, 7) is 0. The van der Waals surface area contributed by atoms with Crippen molar-refractivity contribution in [3.63, 3.8) is 0 Å². The van der Waals surface area contributed by atoms with Gasteiger partial charge in [0, 0.05) is 40.8 Å². The molecule has 43 heavy (non-hydrogen) atoms. The minimum atomic E-state index is -2.80. The van der Waals surface area contributed by atoms with Crippen LogP contribution in [0.1, 0.15) is 55.7 Å². The van der Waals surface area contributed by atoms with Crippen LogP contribution in [0.25, 0.3) is 0 Å². The molecule has 0 unspecified atom stereocenters. The summed E-state index contributed by atoms with van der Waals surface area (Å²) in [6.07, 6.45) is 0.870. The van der Waals surface area contributed by atoms with E-state index in [-0.39, 0.29) is 55.6 Å². The first-order valence-electron chi connectivity index (χ1n) is 13.8. The van der Waals surface area contributed by atoms with Crippen LogP contribution in [0.2, 0.25) is 0 Å². The maximum absolute atomic E-state index is 14.6. The Morgan fingerprint density at radius 1 is 1.09 bits per heavy atom. The molecule has 12 heteroatoms. The smallest absolute Gasteiger partial charge is 0.251 e. The lowest BCUT2D eigenvalue weighted by Crippen LogP contribution is -2.53. The summed E-state index contributed by atoms with van der Waals surface area (Å²) in [7, 11) is 0. The van der Waals surface area contributed by atoms with Gasteiger partial charge < -0.3 is 5.32 Å². The fraction of sp³-hybridized carbons (Fsp3) is 0.323. The number of aromatic nitrogens is 1. The van der Waals surface area contributed by atoms with Gasteiger partial charge in [-0.1, -0.05) is 24.3 Å². The van der Waals surface area contributed by atoms with Crippen molar-refractivity contribution in [2.45, 2.75) is 62.6 Å². The number of carbonyl (C=O) groups is 3. The zero-order valence-electron chi connectivity index (χ0n) is 22.9. The highest BCUT2D eigenvalue weighted by atomic mass is 127. The van der Waals surface area contributed by atoms with Crippen LogP contribution in [0, 0.1) is 20.7 Å². The predicted octanol–water partition coefficient (Wildman–Crippen LogP) is 5.66. The van der Waals surface area contributed by atoms with Crippen LogP contribution in [0.3, 0.4) is 0 Å². The molecule has 1 aliphatic carbocycles. The maximum Gasteiger partial charge on any atom is 0.251 e. The van der Waals surface area contributed by atoms with E-state index in [1.165, 1.54) is 46.3 Å². The van der Waals surface area contributed by atoms with E-state index in [4.69, 9.17) is 0 Å². The van der Waals surface area contributed by atoms with Crippen LogP contribution < -0.4 is 15.1 Å². The number of nitriles is 1. The number of hydrogen-bond acceptors (Lipinski definition) is 5. The van der Waals surface area contributed by atoms with E-state index in [0.717, 1.165) is 6.07 Å². The highest BCUT2D eigenvalue weighted by molar-refractivity contribution is 14.1. The van der Waals surface area contributed by atoms with E-state index >= 15 is 0 Å². The molecule has 2 aromatic carbocycles. The van der Waals surface area contributed by atoms with Gasteiger partial charge in [0.15, 0.2) is 0 Å². The van der Waals surface area contributed by atoms with Crippen molar-refractivity contribution in [2.24, 2.45) is 0 Å². The number of pyridine rings is 1. The maximum atomic E-state index is 14.6. The van der Waals surface area contributed by atoms with Crippen molar-refractivity contribution in [2.75, 3.05) is 9.80 Å². The lowest BCUT2D eigenvalue weighted by Gasteiger charge is -2.37. The normalized spacial score (nSPS) is 19.0. The second kappa shape index (κ2) is 12.7. The zero-order chi connectivity index (χ0) is 30.7. The molecule has 8 nitrogen and oxygen atoms in total. The molecular weight excluding hydrogens is 674 g/mol. The number of amides is 3. The lowest BCUT2D eigenvalue weighted by molar-refractivity contribution is -0.128. The molecule has 3 aromatic rings.